The molecule has 17 heteroatoms. The summed E-state index contributed by atoms with van der Waals surface area (Å²) in [6, 6.07) is -5.11. The standard InChI is InChI=1S/C20H36N8O8S/c1-9(2)15(18(34)27-12(8-37)19(35)36)28-17(33)11(6-14(30)31)26-13(29)7-25-16(32)10(21)4-3-5-24-20(22)23/h9-12,15,37H,3-8,21H2,1-2H3,(H,25,32)(H,26,29)(H,27,34)(H,28,33)(H,30,31)(H,35,36)(H4,22,23,24)/t10-,11-,12-,15-/m0/s1. The molecule has 16 nitrogen and oxygen atoms in total. The first-order valence-corrected chi connectivity index (χ1v) is 11.9. The fraction of sp³-hybridized carbons (Fsp3) is 0.650. The molecule has 0 saturated carbocycles. The normalized spacial score (nSPS) is 13.9. The molecule has 12 N–H and O–H groups in total. The maximum atomic E-state index is 12.7. The predicted octanol–water partition coefficient (Wildman–Crippen LogP) is -3.92. The monoisotopic (exact) mass is 548 g/mol. The molecule has 0 radical (unpaired) electrons. The predicted molar refractivity (Wildman–Crippen MR) is 135 cm³/mol. The lowest BCUT2D eigenvalue weighted by Gasteiger charge is -2.26. The van der Waals surface area contributed by atoms with Gasteiger partial charge in [0.25, 0.3) is 0 Å². The molecular weight excluding hydrogens is 512 g/mol. The Hall–Kier alpha value is -3.60. The molecule has 0 heterocycles. The molecule has 0 unspecified atom stereocenters. The van der Waals surface area contributed by atoms with E-state index in [1.807, 2.05) is 0 Å². The topological polar surface area (TPSA) is 281 Å². The third-order valence-electron chi connectivity index (χ3n) is 4.80. The lowest BCUT2D eigenvalue weighted by atomic mass is 10.0. The van der Waals surface area contributed by atoms with Gasteiger partial charge in [0.2, 0.25) is 23.6 Å². The number of aliphatic imine (C=N–C) groups is 1. The van der Waals surface area contributed by atoms with Crippen molar-refractivity contribution in [3.05, 3.63) is 0 Å². The number of hydrogen-bond donors (Lipinski definition) is 10. The number of nitrogens with zero attached hydrogens (tertiary/aromatic N) is 1. The molecule has 0 rings (SSSR count). The molecule has 0 saturated heterocycles. The van der Waals surface area contributed by atoms with E-state index in [1.54, 1.807) is 13.8 Å². The van der Waals surface area contributed by atoms with Gasteiger partial charge in [0, 0.05) is 12.3 Å². The number of guanidine groups is 1. The number of rotatable bonds is 17. The van der Waals surface area contributed by atoms with E-state index in [1.165, 1.54) is 0 Å². The van der Waals surface area contributed by atoms with E-state index in [-0.39, 0.29) is 24.7 Å². The molecule has 4 amide bonds. The second kappa shape index (κ2) is 17.0. The lowest BCUT2D eigenvalue weighted by molar-refractivity contribution is -0.143. The van der Waals surface area contributed by atoms with Crippen molar-refractivity contribution in [3.63, 3.8) is 0 Å². The fourth-order valence-electron chi connectivity index (χ4n) is 2.81. The Morgan fingerprint density at radius 1 is 0.919 bits per heavy atom. The van der Waals surface area contributed by atoms with E-state index < -0.39 is 78.6 Å². The van der Waals surface area contributed by atoms with Crippen LogP contribution in [0.3, 0.4) is 0 Å². The summed E-state index contributed by atoms with van der Waals surface area (Å²) in [7, 11) is 0. The number of nitrogens with two attached hydrogens (primary N) is 3. The van der Waals surface area contributed by atoms with Gasteiger partial charge in [-0.3, -0.25) is 29.0 Å². The Bertz CT molecular complexity index is 865. The molecule has 0 aromatic rings. The second-order valence-electron chi connectivity index (χ2n) is 8.30. The zero-order chi connectivity index (χ0) is 28.7. The Kier molecular flexibility index (Phi) is 15.3. The van der Waals surface area contributed by atoms with E-state index in [0.717, 1.165) is 0 Å². The van der Waals surface area contributed by atoms with Crippen molar-refractivity contribution in [2.24, 2.45) is 28.1 Å². The van der Waals surface area contributed by atoms with Crippen molar-refractivity contribution < 1.29 is 39.0 Å². The molecule has 0 aliphatic heterocycles. The molecule has 0 aliphatic carbocycles. The van der Waals surface area contributed by atoms with Crippen LogP contribution in [0.25, 0.3) is 0 Å². The summed E-state index contributed by atoms with van der Waals surface area (Å²) < 4.78 is 0. The summed E-state index contributed by atoms with van der Waals surface area (Å²) in [4.78, 5) is 75.7. The van der Waals surface area contributed by atoms with Crippen molar-refractivity contribution in [2.45, 2.75) is 57.3 Å². The highest BCUT2D eigenvalue weighted by molar-refractivity contribution is 7.80. The van der Waals surface area contributed by atoms with Gasteiger partial charge in [-0.15, -0.1) is 0 Å². The Labute approximate surface area is 219 Å². The van der Waals surface area contributed by atoms with Crippen molar-refractivity contribution in [3.8, 4) is 0 Å². The Morgan fingerprint density at radius 3 is 2.03 bits per heavy atom. The van der Waals surface area contributed by atoms with E-state index in [9.17, 15) is 28.8 Å². The molecule has 37 heavy (non-hydrogen) atoms. The molecule has 0 fully saturated rings. The minimum absolute atomic E-state index is 0.0999. The van der Waals surface area contributed by atoms with Gasteiger partial charge in [0.05, 0.1) is 19.0 Å². The van der Waals surface area contributed by atoms with E-state index in [4.69, 9.17) is 27.4 Å². The lowest BCUT2D eigenvalue weighted by Crippen LogP contribution is -2.58. The first-order valence-electron chi connectivity index (χ1n) is 11.2. The third kappa shape index (κ3) is 13.9. The number of hydrogen-bond acceptors (Lipinski definition) is 9. The summed E-state index contributed by atoms with van der Waals surface area (Å²) in [5, 5.41) is 27.3. The van der Waals surface area contributed by atoms with Crippen LogP contribution in [-0.2, 0) is 28.8 Å². The third-order valence-corrected chi connectivity index (χ3v) is 5.17. The average Bonchev–Trinajstić information content (AvgIpc) is 2.80. The summed E-state index contributed by atoms with van der Waals surface area (Å²) in [5.74, 6) is -6.94. The minimum atomic E-state index is -1.59. The molecule has 0 aromatic carbocycles. The molecule has 0 spiro atoms. The van der Waals surface area contributed by atoms with Crippen molar-refractivity contribution in [1.82, 2.24) is 21.3 Å². The minimum Gasteiger partial charge on any atom is -0.481 e. The molecule has 210 valence electrons. The highest BCUT2D eigenvalue weighted by Crippen LogP contribution is 2.05. The van der Waals surface area contributed by atoms with E-state index in [2.05, 4.69) is 38.9 Å². The number of aliphatic carboxylic acids is 2. The number of nitrogens with one attached hydrogen (secondary N) is 4. The van der Waals surface area contributed by atoms with Crippen LogP contribution in [-0.4, -0.2) is 94.7 Å². The van der Waals surface area contributed by atoms with Crippen LogP contribution in [0.4, 0.5) is 0 Å². The van der Waals surface area contributed by atoms with Gasteiger partial charge in [-0.25, -0.2) is 4.79 Å². The summed E-state index contributed by atoms with van der Waals surface area (Å²) in [5.41, 5.74) is 16.1. The van der Waals surface area contributed by atoms with Crippen LogP contribution in [0, 0.1) is 5.92 Å². The first kappa shape index (κ1) is 33.4. The Morgan fingerprint density at radius 2 is 1.54 bits per heavy atom. The summed E-state index contributed by atoms with van der Waals surface area (Å²) >= 11 is 3.86. The molecular formula is C20H36N8O8S. The zero-order valence-corrected chi connectivity index (χ0v) is 21.5. The molecule has 0 aromatic heterocycles. The van der Waals surface area contributed by atoms with Gasteiger partial charge in [-0.2, -0.15) is 12.6 Å². The van der Waals surface area contributed by atoms with Gasteiger partial charge in [-0.05, 0) is 18.8 Å². The van der Waals surface area contributed by atoms with Crippen LogP contribution in [0.15, 0.2) is 4.99 Å². The summed E-state index contributed by atoms with van der Waals surface area (Å²) in [6.45, 7) is 2.81. The van der Waals surface area contributed by atoms with Crippen LogP contribution in [0.2, 0.25) is 0 Å². The van der Waals surface area contributed by atoms with Crippen LogP contribution in [0.1, 0.15) is 33.1 Å². The molecule has 4 atom stereocenters. The number of carboxylic acids is 2. The van der Waals surface area contributed by atoms with Crippen molar-refractivity contribution >= 4 is 54.2 Å². The second-order valence-corrected chi connectivity index (χ2v) is 8.67. The van der Waals surface area contributed by atoms with Gasteiger partial charge in [-0.1, -0.05) is 13.8 Å². The van der Waals surface area contributed by atoms with Crippen LogP contribution in [0.5, 0.6) is 0 Å². The number of amides is 4. The maximum absolute atomic E-state index is 12.7. The maximum Gasteiger partial charge on any atom is 0.327 e. The number of carbonyl (C=O) groups excluding carboxylic acids is 4. The van der Waals surface area contributed by atoms with Crippen LogP contribution < -0.4 is 38.5 Å². The quantitative estimate of drug-likeness (QED) is 0.0362. The van der Waals surface area contributed by atoms with Gasteiger partial charge in [0.15, 0.2) is 5.96 Å². The molecule has 0 aliphatic rings. The van der Waals surface area contributed by atoms with E-state index in [0.29, 0.717) is 6.42 Å². The van der Waals surface area contributed by atoms with Crippen LogP contribution >= 0.6 is 12.6 Å². The number of thiol groups is 1. The summed E-state index contributed by atoms with van der Waals surface area (Å²) in [6.07, 6.45) is -0.190. The fourth-order valence-corrected chi connectivity index (χ4v) is 3.06. The van der Waals surface area contributed by atoms with Gasteiger partial charge in [0.1, 0.15) is 18.1 Å². The number of carbonyl (C=O) groups is 6. The highest BCUT2D eigenvalue weighted by atomic mass is 32.1. The largest absolute Gasteiger partial charge is 0.481 e. The average molecular weight is 549 g/mol. The molecule has 0 bridgehead atoms. The highest BCUT2D eigenvalue weighted by Gasteiger charge is 2.32. The zero-order valence-electron chi connectivity index (χ0n) is 20.6. The van der Waals surface area contributed by atoms with Gasteiger partial charge >= 0.3 is 11.9 Å². The van der Waals surface area contributed by atoms with Gasteiger partial charge < -0.3 is 48.7 Å². The SMILES string of the molecule is CC(C)[C@H](NC(=O)[C@H](CC(=O)O)NC(=O)CNC(=O)[C@@H](N)CCCN=C(N)N)C(=O)N[C@@H](CS)C(=O)O. The van der Waals surface area contributed by atoms with E-state index >= 15 is 0 Å². The van der Waals surface area contributed by atoms with Crippen molar-refractivity contribution in [1.29, 1.82) is 0 Å². The van der Waals surface area contributed by atoms with Crippen molar-refractivity contribution in [2.75, 3.05) is 18.8 Å². The smallest absolute Gasteiger partial charge is 0.327 e. The Balaban J connectivity index is 5.10. The first-order chi connectivity index (χ1) is 17.2. The number of carboxylic acid groups (broad SMARTS) is 2.